The SMILES string of the molecule is CCOC(=O)Cc1csc(NN=Cc2cccc(COc3cc(F)c(F)c(F)c3)c2)n1. The molecule has 0 fully saturated rings. The van der Waals surface area contributed by atoms with Gasteiger partial charge in [0.05, 0.1) is 24.9 Å². The largest absolute Gasteiger partial charge is 0.489 e. The summed E-state index contributed by atoms with van der Waals surface area (Å²) >= 11 is 1.31. The lowest BCUT2D eigenvalue weighted by molar-refractivity contribution is -0.142. The Bertz CT molecular complexity index is 1070. The Morgan fingerprint density at radius 3 is 2.74 bits per heavy atom. The number of anilines is 1. The van der Waals surface area contributed by atoms with Crippen LogP contribution in [0.1, 0.15) is 23.7 Å². The van der Waals surface area contributed by atoms with E-state index in [1.54, 1.807) is 42.8 Å². The van der Waals surface area contributed by atoms with Crippen LogP contribution < -0.4 is 10.2 Å². The van der Waals surface area contributed by atoms with Gasteiger partial charge in [-0.25, -0.2) is 18.2 Å². The zero-order valence-electron chi connectivity index (χ0n) is 16.4. The van der Waals surface area contributed by atoms with Crippen molar-refractivity contribution in [3.63, 3.8) is 0 Å². The van der Waals surface area contributed by atoms with Crippen molar-refractivity contribution in [3.8, 4) is 5.75 Å². The number of hydrazone groups is 1. The summed E-state index contributed by atoms with van der Waals surface area (Å²) in [5, 5.41) is 6.38. The molecule has 0 atom stereocenters. The number of halogens is 3. The summed E-state index contributed by atoms with van der Waals surface area (Å²) in [6.07, 6.45) is 1.66. The minimum Gasteiger partial charge on any atom is -0.489 e. The third-order valence-electron chi connectivity index (χ3n) is 3.87. The maximum absolute atomic E-state index is 13.3. The van der Waals surface area contributed by atoms with Gasteiger partial charge >= 0.3 is 5.97 Å². The van der Waals surface area contributed by atoms with Crippen LogP contribution in [0.25, 0.3) is 0 Å². The average Bonchev–Trinajstić information content (AvgIpc) is 3.18. The molecule has 0 aliphatic heterocycles. The number of aromatic nitrogens is 1. The van der Waals surface area contributed by atoms with E-state index in [4.69, 9.17) is 9.47 Å². The van der Waals surface area contributed by atoms with Crippen LogP contribution in [0.2, 0.25) is 0 Å². The van der Waals surface area contributed by atoms with Gasteiger partial charge in [-0.3, -0.25) is 10.2 Å². The smallest absolute Gasteiger partial charge is 0.311 e. The Balaban J connectivity index is 1.55. The predicted octanol–water partition coefficient (Wildman–Crippen LogP) is 4.69. The van der Waals surface area contributed by atoms with E-state index in [0.29, 0.717) is 17.4 Å². The lowest BCUT2D eigenvalue weighted by Crippen LogP contribution is -2.07. The highest BCUT2D eigenvalue weighted by Gasteiger charge is 2.11. The van der Waals surface area contributed by atoms with Gasteiger partial charge in [0, 0.05) is 17.5 Å². The van der Waals surface area contributed by atoms with Crippen LogP contribution >= 0.6 is 11.3 Å². The Labute approximate surface area is 180 Å². The quantitative estimate of drug-likeness (QED) is 0.222. The molecule has 3 aromatic rings. The molecular formula is C21H18F3N3O3S. The number of thiazole rings is 1. The summed E-state index contributed by atoms with van der Waals surface area (Å²) < 4.78 is 49.7. The van der Waals surface area contributed by atoms with Crippen molar-refractivity contribution < 1.29 is 27.4 Å². The monoisotopic (exact) mass is 449 g/mol. The van der Waals surface area contributed by atoms with Crippen LogP contribution in [0.5, 0.6) is 5.75 Å². The first-order chi connectivity index (χ1) is 14.9. The van der Waals surface area contributed by atoms with Gasteiger partial charge in [-0.1, -0.05) is 18.2 Å². The van der Waals surface area contributed by atoms with Gasteiger partial charge in [0.1, 0.15) is 12.4 Å². The maximum atomic E-state index is 13.3. The molecule has 0 amide bonds. The molecule has 0 spiro atoms. The number of ether oxygens (including phenoxy) is 2. The molecule has 0 unspecified atom stereocenters. The fourth-order valence-electron chi connectivity index (χ4n) is 2.51. The first-order valence-electron chi connectivity index (χ1n) is 9.20. The number of nitrogens with zero attached hydrogens (tertiary/aromatic N) is 2. The highest BCUT2D eigenvalue weighted by Crippen LogP contribution is 2.20. The first kappa shape index (κ1) is 22.3. The Kier molecular flexibility index (Phi) is 7.60. The zero-order valence-corrected chi connectivity index (χ0v) is 17.2. The summed E-state index contributed by atoms with van der Waals surface area (Å²) in [4.78, 5) is 15.7. The van der Waals surface area contributed by atoms with Gasteiger partial charge in [0.25, 0.3) is 0 Å². The Morgan fingerprint density at radius 1 is 1.23 bits per heavy atom. The second-order valence-corrected chi connectivity index (χ2v) is 7.09. The van der Waals surface area contributed by atoms with Crippen LogP contribution in [0.4, 0.5) is 18.3 Å². The van der Waals surface area contributed by atoms with Crippen LogP contribution in [-0.4, -0.2) is 23.8 Å². The Morgan fingerprint density at radius 2 is 2.00 bits per heavy atom. The van der Waals surface area contributed by atoms with Crippen molar-refractivity contribution >= 4 is 28.7 Å². The number of carbonyl (C=O) groups excluding carboxylic acids is 1. The number of esters is 1. The molecule has 0 radical (unpaired) electrons. The summed E-state index contributed by atoms with van der Waals surface area (Å²) in [6.45, 7) is 2.09. The zero-order chi connectivity index (χ0) is 22.2. The molecule has 0 bridgehead atoms. The number of benzene rings is 2. The van der Waals surface area contributed by atoms with Gasteiger partial charge in [-0.05, 0) is 24.1 Å². The lowest BCUT2D eigenvalue weighted by Gasteiger charge is -2.08. The minimum atomic E-state index is -1.54. The number of hydrogen-bond donors (Lipinski definition) is 1. The van der Waals surface area contributed by atoms with Crippen molar-refractivity contribution in [2.75, 3.05) is 12.0 Å². The van der Waals surface area contributed by atoms with Gasteiger partial charge in [0.15, 0.2) is 17.5 Å². The van der Waals surface area contributed by atoms with Crippen LogP contribution in [0.15, 0.2) is 46.9 Å². The topological polar surface area (TPSA) is 72.8 Å². The molecule has 31 heavy (non-hydrogen) atoms. The second kappa shape index (κ2) is 10.6. The number of nitrogens with one attached hydrogen (secondary N) is 1. The van der Waals surface area contributed by atoms with Crippen molar-refractivity contribution in [2.45, 2.75) is 20.0 Å². The summed E-state index contributed by atoms with van der Waals surface area (Å²) in [5.41, 5.74) is 4.85. The molecule has 0 aliphatic rings. The molecule has 0 saturated carbocycles. The summed E-state index contributed by atoms with van der Waals surface area (Å²) in [5.74, 6) is -4.61. The Hall–Kier alpha value is -3.40. The van der Waals surface area contributed by atoms with E-state index in [1.165, 1.54) is 11.3 Å². The molecule has 162 valence electrons. The molecule has 0 aliphatic carbocycles. The molecule has 1 aromatic heterocycles. The average molecular weight is 449 g/mol. The molecule has 6 nitrogen and oxygen atoms in total. The van der Waals surface area contributed by atoms with Crippen LogP contribution in [0, 0.1) is 17.5 Å². The van der Waals surface area contributed by atoms with Gasteiger partial charge in [-0.2, -0.15) is 5.10 Å². The maximum Gasteiger partial charge on any atom is 0.311 e. The molecule has 1 N–H and O–H groups in total. The fraction of sp³-hybridized carbons (Fsp3) is 0.190. The summed E-state index contributed by atoms with van der Waals surface area (Å²) in [6, 6.07) is 8.70. The highest BCUT2D eigenvalue weighted by molar-refractivity contribution is 7.13. The van der Waals surface area contributed by atoms with Crippen molar-refractivity contribution in [3.05, 3.63) is 76.1 Å². The third kappa shape index (κ3) is 6.54. The van der Waals surface area contributed by atoms with Crippen molar-refractivity contribution in [1.29, 1.82) is 0 Å². The first-order valence-corrected chi connectivity index (χ1v) is 10.1. The van der Waals surface area contributed by atoms with Gasteiger partial charge in [0.2, 0.25) is 5.13 Å². The van der Waals surface area contributed by atoms with Crippen molar-refractivity contribution in [2.24, 2.45) is 5.10 Å². The number of hydrogen-bond acceptors (Lipinski definition) is 7. The van der Waals surface area contributed by atoms with Crippen LogP contribution in [0.3, 0.4) is 0 Å². The van der Waals surface area contributed by atoms with E-state index in [2.05, 4.69) is 15.5 Å². The summed E-state index contributed by atoms with van der Waals surface area (Å²) in [7, 11) is 0. The second-order valence-electron chi connectivity index (χ2n) is 6.23. The third-order valence-corrected chi connectivity index (χ3v) is 4.67. The van der Waals surface area contributed by atoms with Gasteiger partial charge < -0.3 is 9.47 Å². The normalized spacial score (nSPS) is 11.0. The van der Waals surface area contributed by atoms with E-state index in [-0.39, 0.29) is 24.7 Å². The predicted molar refractivity (Wildman–Crippen MR) is 111 cm³/mol. The highest BCUT2D eigenvalue weighted by atomic mass is 32.1. The lowest BCUT2D eigenvalue weighted by atomic mass is 10.1. The van der Waals surface area contributed by atoms with E-state index in [1.807, 2.05) is 0 Å². The molecule has 10 heteroatoms. The van der Waals surface area contributed by atoms with Crippen LogP contribution in [-0.2, 0) is 22.6 Å². The fourth-order valence-corrected chi connectivity index (χ4v) is 3.17. The molecule has 1 heterocycles. The minimum absolute atomic E-state index is 0.0311. The van der Waals surface area contributed by atoms with E-state index >= 15 is 0 Å². The van der Waals surface area contributed by atoms with Gasteiger partial charge in [-0.15, -0.1) is 11.3 Å². The standard InChI is InChI=1S/C21H18F3N3O3S/c1-2-29-19(28)7-15-12-31-21(26-15)27-25-10-13-4-3-5-14(6-13)11-30-16-8-17(22)20(24)18(23)9-16/h3-6,8-10,12H,2,7,11H2,1H3,(H,26,27). The molecule has 0 saturated heterocycles. The number of carbonyl (C=O) groups is 1. The van der Waals surface area contributed by atoms with E-state index in [0.717, 1.165) is 23.3 Å². The van der Waals surface area contributed by atoms with E-state index in [9.17, 15) is 18.0 Å². The molecular weight excluding hydrogens is 431 g/mol. The molecule has 3 rings (SSSR count). The van der Waals surface area contributed by atoms with E-state index < -0.39 is 17.5 Å². The molecule has 2 aromatic carbocycles. The van der Waals surface area contributed by atoms with Crippen molar-refractivity contribution in [1.82, 2.24) is 4.98 Å². The number of rotatable bonds is 9.